The van der Waals surface area contributed by atoms with Crippen molar-refractivity contribution >= 4 is 21.2 Å². The second kappa shape index (κ2) is 6.78. The Morgan fingerprint density at radius 3 is 2.48 bits per heavy atom. The van der Waals surface area contributed by atoms with Gasteiger partial charge < -0.3 is 4.98 Å². The van der Waals surface area contributed by atoms with Crippen LogP contribution in [0.2, 0.25) is 0 Å². The normalized spacial score (nSPS) is 13.0. The number of aryl methyl sites for hydroxylation is 1. The Morgan fingerprint density at radius 2 is 1.84 bits per heavy atom. The molecule has 0 spiro atoms. The summed E-state index contributed by atoms with van der Waals surface area (Å²) in [7, 11) is -3.68. The molecule has 0 saturated heterocycles. The number of nitrogens with one attached hydrogen (secondary N) is 1. The number of hydrogen-bond acceptors (Lipinski definition) is 5. The Kier molecular flexibility index (Phi) is 4.69. The van der Waals surface area contributed by atoms with Crippen LogP contribution >= 0.6 is 0 Å². The van der Waals surface area contributed by atoms with E-state index in [0.29, 0.717) is 34.3 Å². The summed E-state index contributed by atoms with van der Waals surface area (Å²) >= 11 is 0. The van der Waals surface area contributed by atoms with Crippen molar-refractivity contribution < 1.29 is 12.6 Å². The van der Waals surface area contributed by atoms with Crippen LogP contribution in [0.4, 0.5) is 0 Å². The zero-order chi connectivity index (χ0) is 18.0. The van der Waals surface area contributed by atoms with Gasteiger partial charge in [0.05, 0.1) is 17.3 Å². The standard InChI is InChI=1S/C18H18N2O4S/c1-3-14-18(21)20-16-11-13(9-10-15(16)19-14)17(24-25(2,22)23)12-7-5-4-6-8-12/h4-11,17H,3H2,1-2H3,(H,20,21). The molecular formula is C18H18N2O4S. The third-order valence-electron chi connectivity index (χ3n) is 3.80. The molecule has 25 heavy (non-hydrogen) atoms. The fraction of sp³-hybridized carbons (Fsp3) is 0.222. The Labute approximate surface area is 145 Å². The first-order valence-corrected chi connectivity index (χ1v) is 9.65. The summed E-state index contributed by atoms with van der Waals surface area (Å²) in [4.78, 5) is 19.1. The Hall–Kier alpha value is -2.51. The highest BCUT2D eigenvalue weighted by Crippen LogP contribution is 2.29. The van der Waals surface area contributed by atoms with Crippen LogP contribution in [0.1, 0.15) is 29.8 Å². The lowest BCUT2D eigenvalue weighted by molar-refractivity contribution is 0.256. The SMILES string of the molecule is CCc1nc2ccc(C(OS(C)(=O)=O)c3ccccc3)cc2[nH]c1=O. The maximum absolute atomic E-state index is 12.0. The molecule has 1 heterocycles. The van der Waals surface area contributed by atoms with Gasteiger partial charge in [-0.3, -0.25) is 8.98 Å². The van der Waals surface area contributed by atoms with Crippen LogP contribution in [0, 0.1) is 0 Å². The number of aromatic amines is 1. The molecule has 1 atom stereocenters. The van der Waals surface area contributed by atoms with E-state index in [4.69, 9.17) is 4.18 Å². The number of nitrogens with zero attached hydrogens (tertiary/aromatic N) is 1. The average Bonchev–Trinajstić information content (AvgIpc) is 2.58. The Bertz CT molecular complexity index is 1060. The van der Waals surface area contributed by atoms with Crippen LogP contribution in [0.5, 0.6) is 0 Å². The molecule has 0 bridgehead atoms. The van der Waals surface area contributed by atoms with Crippen LogP contribution in [-0.2, 0) is 20.7 Å². The highest BCUT2D eigenvalue weighted by molar-refractivity contribution is 7.86. The lowest BCUT2D eigenvalue weighted by Crippen LogP contribution is -2.15. The van der Waals surface area contributed by atoms with E-state index in [0.717, 1.165) is 6.26 Å². The summed E-state index contributed by atoms with van der Waals surface area (Å²) in [6.07, 6.45) is 0.757. The van der Waals surface area contributed by atoms with E-state index in [1.54, 1.807) is 30.3 Å². The lowest BCUT2D eigenvalue weighted by atomic mass is 10.0. The highest BCUT2D eigenvalue weighted by Gasteiger charge is 2.20. The van der Waals surface area contributed by atoms with Crippen molar-refractivity contribution in [2.24, 2.45) is 0 Å². The molecule has 1 aromatic heterocycles. The fourth-order valence-electron chi connectivity index (χ4n) is 2.65. The predicted molar refractivity (Wildman–Crippen MR) is 96.0 cm³/mol. The third-order valence-corrected chi connectivity index (χ3v) is 4.34. The lowest BCUT2D eigenvalue weighted by Gasteiger charge is -2.17. The molecule has 0 radical (unpaired) electrons. The zero-order valence-electron chi connectivity index (χ0n) is 13.9. The van der Waals surface area contributed by atoms with Crippen molar-refractivity contribution in [1.29, 1.82) is 0 Å². The van der Waals surface area contributed by atoms with Gasteiger partial charge in [-0.25, -0.2) is 4.98 Å². The van der Waals surface area contributed by atoms with Gasteiger partial charge >= 0.3 is 0 Å². The quantitative estimate of drug-likeness (QED) is 0.708. The monoisotopic (exact) mass is 358 g/mol. The number of fused-ring (bicyclic) bond motifs is 1. The molecule has 2 aromatic carbocycles. The van der Waals surface area contributed by atoms with Crippen LogP contribution in [0.15, 0.2) is 53.3 Å². The van der Waals surface area contributed by atoms with Crippen LogP contribution in [0.25, 0.3) is 11.0 Å². The van der Waals surface area contributed by atoms with Gasteiger partial charge in [-0.2, -0.15) is 8.42 Å². The summed E-state index contributed by atoms with van der Waals surface area (Å²) in [5, 5.41) is 0. The van der Waals surface area contributed by atoms with Gasteiger partial charge in [0, 0.05) is 0 Å². The number of benzene rings is 2. The molecule has 130 valence electrons. The minimum Gasteiger partial charge on any atom is -0.319 e. The number of H-pyrrole nitrogens is 1. The largest absolute Gasteiger partial charge is 0.319 e. The molecular weight excluding hydrogens is 340 g/mol. The summed E-state index contributed by atoms with van der Waals surface area (Å²) < 4.78 is 28.7. The molecule has 0 aliphatic heterocycles. The van der Waals surface area contributed by atoms with Crippen molar-refractivity contribution in [2.45, 2.75) is 19.4 Å². The molecule has 3 aromatic rings. The minimum absolute atomic E-state index is 0.243. The van der Waals surface area contributed by atoms with Gasteiger partial charge in [0.1, 0.15) is 11.8 Å². The first-order chi connectivity index (χ1) is 11.9. The van der Waals surface area contributed by atoms with E-state index in [9.17, 15) is 13.2 Å². The van der Waals surface area contributed by atoms with Crippen LogP contribution in [0.3, 0.4) is 0 Å². The number of rotatable bonds is 5. The maximum atomic E-state index is 12.0. The van der Waals surface area contributed by atoms with E-state index in [1.165, 1.54) is 0 Å². The molecule has 0 aliphatic carbocycles. The Morgan fingerprint density at radius 1 is 1.12 bits per heavy atom. The average molecular weight is 358 g/mol. The molecule has 1 N–H and O–H groups in total. The van der Waals surface area contributed by atoms with Crippen molar-refractivity contribution in [3.05, 3.63) is 75.7 Å². The predicted octanol–water partition coefficient (Wildman–Crippen LogP) is 2.55. The molecule has 0 fully saturated rings. The van der Waals surface area contributed by atoms with E-state index >= 15 is 0 Å². The van der Waals surface area contributed by atoms with Gasteiger partial charge in [0.25, 0.3) is 15.7 Å². The van der Waals surface area contributed by atoms with E-state index in [1.807, 2.05) is 25.1 Å². The van der Waals surface area contributed by atoms with E-state index < -0.39 is 16.2 Å². The van der Waals surface area contributed by atoms with Gasteiger partial charge in [-0.05, 0) is 29.7 Å². The summed E-state index contributed by atoms with van der Waals surface area (Å²) in [5.41, 5.74) is 2.72. The summed E-state index contributed by atoms with van der Waals surface area (Å²) in [6, 6.07) is 14.3. The summed E-state index contributed by atoms with van der Waals surface area (Å²) in [5.74, 6) is 0. The smallest absolute Gasteiger partial charge is 0.270 e. The van der Waals surface area contributed by atoms with Gasteiger partial charge in [-0.15, -0.1) is 0 Å². The van der Waals surface area contributed by atoms with Crippen molar-refractivity contribution in [3.63, 3.8) is 0 Å². The van der Waals surface area contributed by atoms with Crippen molar-refractivity contribution in [2.75, 3.05) is 6.26 Å². The maximum Gasteiger partial charge on any atom is 0.270 e. The molecule has 1 unspecified atom stereocenters. The van der Waals surface area contributed by atoms with E-state index in [-0.39, 0.29) is 5.56 Å². The molecule has 0 amide bonds. The zero-order valence-corrected chi connectivity index (χ0v) is 14.7. The highest BCUT2D eigenvalue weighted by atomic mass is 32.2. The topological polar surface area (TPSA) is 89.1 Å². The molecule has 3 rings (SSSR count). The van der Waals surface area contributed by atoms with Gasteiger partial charge in [-0.1, -0.05) is 43.3 Å². The number of hydrogen-bond donors (Lipinski definition) is 1. The molecule has 0 aliphatic rings. The third kappa shape index (κ3) is 3.94. The second-order valence-electron chi connectivity index (χ2n) is 5.73. The summed E-state index contributed by atoms with van der Waals surface area (Å²) in [6.45, 7) is 1.86. The number of aromatic nitrogens is 2. The molecule has 0 saturated carbocycles. The first-order valence-electron chi connectivity index (χ1n) is 7.83. The van der Waals surface area contributed by atoms with Crippen molar-refractivity contribution in [3.8, 4) is 0 Å². The second-order valence-corrected chi connectivity index (χ2v) is 7.33. The van der Waals surface area contributed by atoms with Gasteiger partial charge in [0.15, 0.2) is 0 Å². The van der Waals surface area contributed by atoms with Crippen LogP contribution < -0.4 is 5.56 Å². The van der Waals surface area contributed by atoms with Crippen molar-refractivity contribution in [1.82, 2.24) is 9.97 Å². The molecule has 6 nitrogen and oxygen atoms in total. The van der Waals surface area contributed by atoms with E-state index in [2.05, 4.69) is 9.97 Å². The van der Waals surface area contributed by atoms with Crippen LogP contribution in [-0.4, -0.2) is 24.6 Å². The first kappa shape index (κ1) is 17.3. The fourth-order valence-corrected chi connectivity index (χ4v) is 3.22. The minimum atomic E-state index is -3.68. The molecule has 7 heteroatoms. The Balaban J connectivity index is 2.14. The van der Waals surface area contributed by atoms with Gasteiger partial charge in [0.2, 0.25) is 0 Å².